The molecule has 0 spiro atoms. The third-order valence-electron chi connectivity index (χ3n) is 5.62. The van der Waals surface area contributed by atoms with Crippen molar-refractivity contribution in [1.29, 1.82) is 0 Å². The van der Waals surface area contributed by atoms with E-state index in [-0.39, 0.29) is 0 Å². The van der Waals surface area contributed by atoms with Gasteiger partial charge in [-0.25, -0.2) is 8.42 Å². The highest BCUT2D eigenvalue weighted by Gasteiger charge is 2.33. The Morgan fingerprint density at radius 1 is 1.19 bits per heavy atom. The molecule has 0 amide bonds. The zero-order chi connectivity index (χ0) is 19.2. The first kappa shape index (κ1) is 18.9. The van der Waals surface area contributed by atoms with Crippen LogP contribution in [0.5, 0.6) is 0 Å². The second-order valence-electron chi connectivity index (χ2n) is 7.48. The molecule has 0 N–H and O–H groups in total. The van der Waals surface area contributed by atoms with Crippen LogP contribution in [0, 0.1) is 6.92 Å². The number of aryl methyl sites for hydroxylation is 2. The predicted molar refractivity (Wildman–Crippen MR) is 105 cm³/mol. The second kappa shape index (κ2) is 7.20. The zero-order valence-electron chi connectivity index (χ0n) is 15.8. The molecule has 0 radical (unpaired) electrons. The Balaban J connectivity index is 1.63. The first-order chi connectivity index (χ1) is 12.9. The van der Waals surface area contributed by atoms with E-state index in [4.69, 9.17) is 16.7 Å². The molecular weight excluding hydrogens is 384 g/mol. The molecule has 0 aliphatic carbocycles. The highest BCUT2D eigenvalue weighted by atomic mass is 35.5. The van der Waals surface area contributed by atoms with Crippen LogP contribution < -0.4 is 0 Å². The van der Waals surface area contributed by atoms with E-state index in [1.165, 1.54) is 12.8 Å². The van der Waals surface area contributed by atoms with Crippen molar-refractivity contribution >= 4 is 21.6 Å². The summed E-state index contributed by atoms with van der Waals surface area (Å²) in [5, 5.41) is 5.26. The lowest BCUT2D eigenvalue weighted by Crippen LogP contribution is -2.37. The zero-order valence-corrected chi connectivity index (χ0v) is 17.4. The number of sulfonamides is 1. The molecule has 4 rings (SSSR count). The number of hydrogen-bond acceptors (Lipinski definition) is 4. The summed E-state index contributed by atoms with van der Waals surface area (Å²) in [6, 6.07) is 4.95. The van der Waals surface area contributed by atoms with Crippen LogP contribution in [-0.4, -0.2) is 47.0 Å². The molecule has 1 aromatic heterocycles. The minimum absolute atomic E-state index is 0.334. The quantitative estimate of drug-likeness (QED) is 0.780. The van der Waals surface area contributed by atoms with Crippen molar-refractivity contribution in [2.45, 2.75) is 44.2 Å². The minimum atomic E-state index is -3.56. The van der Waals surface area contributed by atoms with Gasteiger partial charge >= 0.3 is 0 Å². The maximum absolute atomic E-state index is 13.2. The van der Waals surface area contributed by atoms with Gasteiger partial charge < -0.3 is 0 Å². The lowest BCUT2D eigenvalue weighted by Gasteiger charge is -2.28. The fraction of sp³-hybridized carbons (Fsp3) is 0.526. The Kier molecular flexibility index (Phi) is 5.05. The third-order valence-corrected chi connectivity index (χ3v) is 7.86. The molecule has 0 bridgehead atoms. The van der Waals surface area contributed by atoms with Crippen LogP contribution in [-0.2, 0) is 36.6 Å². The molecule has 6 nitrogen and oxygen atoms in total. The van der Waals surface area contributed by atoms with Crippen LogP contribution in [0.15, 0.2) is 23.1 Å². The van der Waals surface area contributed by atoms with Crippen LogP contribution in [0.1, 0.15) is 35.4 Å². The van der Waals surface area contributed by atoms with Gasteiger partial charge in [0.05, 0.1) is 10.6 Å². The molecule has 1 saturated heterocycles. The molecule has 1 fully saturated rings. The molecule has 0 atom stereocenters. The van der Waals surface area contributed by atoms with Gasteiger partial charge in [0.15, 0.2) is 0 Å². The Hall–Kier alpha value is -1.41. The second-order valence-corrected chi connectivity index (χ2v) is 9.82. The average molecular weight is 409 g/mol. The van der Waals surface area contributed by atoms with Gasteiger partial charge in [-0.3, -0.25) is 9.58 Å². The largest absolute Gasteiger partial charge is 0.297 e. The summed E-state index contributed by atoms with van der Waals surface area (Å²) in [5.74, 6) is 0. The van der Waals surface area contributed by atoms with Crippen LogP contribution in [0.2, 0.25) is 5.02 Å². The maximum atomic E-state index is 13.2. The standard InChI is InChI=1S/C19H25ClN4O2S/c1-14-11-15(20)5-6-19(14)27(25,26)24-10-7-18-16(12-24)17(21-22(18)2)13-23-8-3-4-9-23/h5-6,11H,3-4,7-10,12-13H2,1-2H3. The van der Waals surface area contributed by atoms with Crippen molar-refractivity contribution < 1.29 is 8.42 Å². The SMILES string of the molecule is Cc1cc(Cl)ccc1S(=O)(=O)N1CCc2c(c(CN3CCCC3)nn2C)C1. The number of rotatable bonds is 4. The van der Waals surface area contributed by atoms with Crippen molar-refractivity contribution in [3.05, 3.63) is 45.7 Å². The molecule has 0 unspecified atom stereocenters. The van der Waals surface area contributed by atoms with E-state index in [0.29, 0.717) is 35.0 Å². The summed E-state index contributed by atoms with van der Waals surface area (Å²) in [6.07, 6.45) is 3.14. The van der Waals surface area contributed by atoms with E-state index in [0.717, 1.165) is 36.6 Å². The fourth-order valence-electron chi connectivity index (χ4n) is 4.17. The summed E-state index contributed by atoms with van der Waals surface area (Å²) < 4.78 is 30.0. The van der Waals surface area contributed by atoms with Crippen LogP contribution in [0.3, 0.4) is 0 Å². The molecule has 146 valence electrons. The number of halogens is 1. The minimum Gasteiger partial charge on any atom is -0.297 e. The molecule has 0 saturated carbocycles. The lowest BCUT2D eigenvalue weighted by atomic mass is 10.1. The summed E-state index contributed by atoms with van der Waals surface area (Å²) in [6.45, 7) is 5.64. The highest BCUT2D eigenvalue weighted by molar-refractivity contribution is 7.89. The monoisotopic (exact) mass is 408 g/mol. The van der Waals surface area contributed by atoms with E-state index in [1.807, 2.05) is 11.7 Å². The van der Waals surface area contributed by atoms with Crippen LogP contribution in [0.25, 0.3) is 0 Å². The van der Waals surface area contributed by atoms with E-state index in [9.17, 15) is 8.42 Å². The number of fused-ring (bicyclic) bond motifs is 1. The molecule has 8 heteroatoms. The molecule has 27 heavy (non-hydrogen) atoms. The van der Waals surface area contributed by atoms with Crippen molar-refractivity contribution in [2.75, 3.05) is 19.6 Å². The topological polar surface area (TPSA) is 58.4 Å². The Bertz CT molecular complexity index is 964. The first-order valence-electron chi connectivity index (χ1n) is 9.38. The Morgan fingerprint density at radius 2 is 1.93 bits per heavy atom. The van der Waals surface area contributed by atoms with Gasteiger partial charge in [-0.15, -0.1) is 0 Å². The fourth-order valence-corrected chi connectivity index (χ4v) is 6.01. The van der Waals surface area contributed by atoms with Gasteiger partial charge in [-0.1, -0.05) is 11.6 Å². The number of likely N-dealkylation sites (tertiary alicyclic amines) is 1. The smallest absolute Gasteiger partial charge is 0.243 e. The molecular formula is C19H25ClN4O2S. The molecule has 1 aromatic carbocycles. The molecule has 2 aromatic rings. The number of nitrogens with zero attached hydrogens (tertiary/aromatic N) is 4. The summed E-state index contributed by atoms with van der Waals surface area (Å²) in [7, 11) is -1.60. The number of hydrogen-bond donors (Lipinski definition) is 0. The van der Waals surface area contributed by atoms with Gasteiger partial charge in [0.1, 0.15) is 0 Å². The first-order valence-corrected chi connectivity index (χ1v) is 11.2. The van der Waals surface area contributed by atoms with Crippen molar-refractivity contribution in [2.24, 2.45) is 7.05 Å². The van der Waals surface area contributed by atoms with E-state index < -0.39 is 10.0 Å². The number of aromatic nitrogens is 2. The Labute approximate surface area is 165 Å². The summed E-state index contributed by atoms with van der Waals surface area (Å²) >= 11 is 6.00. The van der Waals surface area contributed by atoms with E-state index in [1.54, 1.807) is 29.4 Å². The normalized spacial score (nSPS) is 18.8. The number of benzene rings is 1. The predicted octanol–water partition coefficient (Wildman–Crippen LogP) is 2.72. The van der Waals surface area contributed by atoms with Gasteiger partial charge in [0.25, 0.3) is 0 Å². The van der Waals surface area contributed by atoms with E-state index >= 15 is 0 Å². The molecule has 3 heterocycles. The van der Waals surface area contributed by atoms with Crippen molar-refractivity contribution in [1.82, 2.24) is 19.0 Å². The Morgan fingerprint density at radius 3 is 2.63 bits per heavy atom. The molecule has 2 aliphatic heterocycles. The summed E-state index contributed by atoms with van der Waals surface area (Å²) in [5.41, 5.74) is 3.92. The van der Waals surface area contributed by atoms with Gasteiger partial charge in [-0.2, -0.15) is 9.40 Å². The third kappa shape index (κ3) is 3.53. The maximum Gasteiger partial charge on any atom is 0.243 e. The van der Waals surface area contributed by atoms with Crippen molar-refractivity contribution in [3.8, 4) is 0 Å². The van der Waals surface area contributed by atoms with E-state index in [2.05, 4.69) is 4.90 Å². The van der Waals surface area contributed by atoms with Gasteiger partial charge in [0.2, 0.25) is 10.0 Å². The highest BCUT2D eigenvalue weighted by Crippen LogP contribution is 2.30. The summed E-state index contributed by atoms with van der Waals surface area (Å²) in [4.78, 5) is 2.74. The van der Waals surface area contributed by atoms with Crippen LogP contribution in [0.4, 0.5) is 0 Å². The lowest BCUT2D eigenvalue weighted by molar-refractivity contribution is 0.322. The average Bonchev–Trinajstić information content (AvgIpc) is 3.23. The molecule has 2 aliphatic rings. The van der Waals surface area contributed by atoms with Gasteiger partial charge in [-0.05, 0) is 56.6 Å². The van der Waals surface area contributed by atoms with Crippen LogP contribution >= 0.6 is 11.6 Å². The van der Waals surface area contributed by atoms with Gasteiger partial charge in [0, 0.05) is 49.4 Å². The van der Waals surface area contributed by atoms with Crippen molar-refractivity contribution in [3.63, 3.8) is 0 Å².